The molecule has 1 aromatic carbocycles. The second kappa shape index (κ2) is 5.73. The van der Waals surface area contributed by atoms with Crippen LogP contribution in [-0.4, -0.2) is 16.1 Å². The van der Waals surface area contributed by atoms with Gasteiger partial charge in [0, 0.05) is 37.1 Å². The monoisotopic (exact) mass is 249 g/mol. The van der Waals surface area contributed by atoms with Gasteiger partial charge >= 0.3 is 0 Å². The zero-order chi connectivity index (χ0) is 12.1. The van der Waals surface area contributed by atoms with E-state index in [1.165, 1.54) is 0 Å². The molecular weight excluding hydrogens is 234 g/mol. The molecule has 0 aliphatic carbocycles. The molecule has 0 saturated heterocycles. The number of hydrogen-bond donors (Lipinski definition) is 1. The smallest absolute Gasteiger partial charge is 0.105 e. The first kappa shape index (κ1) is 12.0. The Kier molecular flexibility index (Phi) is 4.04. The molecule has 4 heteroatoms. The average Bonchev–Trinajstić information content (AvgIpc) is 2.76. The fourth-order valence-electron chi connectivity index (χ4n) is 1.73. The van der Waals surface area contributed by atoms with E-state index in [2.05, 4.69) is 27.0 Å². The minimum Gasteiger partial charge on any atom is -0.383 e. The van der Waals surface area contributed by atoms with Crippen molar-refractivity contribution in [1.82, 2.24) is 9.55 Å². The van der Waals surface area contributed by atoms with Crippen LogP contribution in [0.3, 0.4) is 0 Å². The van der Waals surface area contributed by atoms with Gasteiger partial charge in [-0.05, 0) is 24.6 Å². The third-order valence-electron chi connectivity index (χ3n) is 2.69. The van der Waals surface area contributed by atoms with Gasteiger partial charge in [-0.1, -0.05) is 12.1 Å². The molecule has 1 N–H and O–H groups in total. The molecule has 2 aromatic rings. The minimum atomic E-state index is 0.552. The van der Waals surface area contributed by atoms with E-state index in [9.17, 15) is 0 Å². The molecule has 0 bridgehead atoms. The number of imidazole rings is 1. The number of nitrogens with zero attached hydrogens (tertiary/aromatic N) is 2. The maximum atomic E-state index is 5.79. The van der Waals surface area contributed by atoms with Crippen LogP contribution >= 0.6 is 11.6 Å². The predicted molar refractivity (Wildman–Crippen MR) is 71.5 cm³/mol. The molecule has 0 radical (unpaired) electrons. The fourth-order valence-corrected chi connectivity index (χ4v) is 1.89. The maximum absolute atomic E-state index is 5.79. The number of alkyl halides is 1. The Hall–Kier alpha value is -1.48. The van der Waals surface area contributed by atoms with Crippen molar-refractivity contribution in [2.75, 3.05) is 11.9 Å². The van der Waals surface area contributed by atoms with Crippen molar-refractivity contribution in [2.24, 2.45) is 0 Å². The SMILES string of the molecule is Cc1nccn1CCNc1cccc(CCl)c1. The van der Waals surface area contributed by atoms with Crippen molar-refractivity contribution in [3.05, 3.63) is 48.0 Å². The topological polar surface area (TPSA) is 29.9 Å². The lowest BCUT2D eigenvalue weighted by Gasteiger charge is -2.09. The van der Waals surface area contributed by atoms with Crippen LogP contribution in [-0.2, 0) is 12.4 Å². The van der Waals surface area contributed by atoms with E-state index >= 15 is 0 Å². The molecule has 0 saturated carbocycles. The molecule has 90 valence electrons. The van der Waals surface area contributed by atoms with Crippen LogP contribution in [0.15, 0.2) is 36.7 Å². The largest absolute Gasteiger partial charge is 0.383 e. The van der Waals surface area contributed by atoms with Gasteiger partial charge in [-0.3, -0.25) is 0 Å². The van der Waals surface area contributed by atoms with Gasteiger partial charge in [0.1, 0.15) is 5.82 Å². The first-order chi connectivity index (χ1) is 8.29. The Morgan fingerprint density at radius 3 is 3.00 bits per heavy atom. The van der Waals surface area contributed by atoms with Gasteiger partial charge in [-0.25, -0.2) is 4.98 Å². The first-order valence-electron chi connectivity index (χ1n) is 5.66. The van der Waals surface area contributed by atoms with E-state index in [0.29, 0.717) is 5.88 Å². The van der Waals surface area contributed by atoms with E-state index in [-0.39, 0.29) is 0 Å². The van der Waals surface area contributed by atoms with Crippen LogP contribution in [0.25, 0.3) is 0 Å². The van der Waals surface area contributed by atoms with Crippen LogP contribution in [0.5, 0.6) is 0 Å². The van der Waals surface area contributed by atoms with Crippen molar-refractivity contribution >= 4 is 17.3 Å². The Balaban J connectivity index is 1.87. The Morgan fingerprint density at radius 2 is 2.29 bits per heavy atom. The normalized spacial score (nSPS) is 10.5. The molecule has 0 aliphatic heterocycles. The van der Waals surface area contributed by atoms with Crippen LogP contribution in [0.1, 0.15) is 11.4 Å². The van der Waals surface area contributed by atoms with Gasteiger partial charge in [0.25, 0.3) is 0 Å². The van der Waals surface area contributed by atoms with E-state index in [4.69, 9.17) is 11.6 Å². The second-order valence-electron chi connectivity index (χ2n) is 3.93. The predicted octanol–water partition coefficient (Wildman–Crippen LogP) is 3.04. The minimum absolute atomic E-state index is 0.552. The number of anilines is 1. The quantitative estimate of drug-likeness (QED) is 0.826. The summed E-state index contributed by atoms with van der Waals surface area (Å²) in [7, 11) is 0. The molecule has 1 aromatic heterocycles. The lowest BCUT2D eigenvalue weighted by Crippen LogP contribution is -2.11. The average molecular weight is 250 g/mol. The summed E-state index contributed by atoms with van der Waals surface area (Å²) < 4.78 is 2.12. The van der Waals surface area contributed by atoms with Gasteiger partial charge in [0.2, 0.25) is 0 Å². The molecule has 0 aliphatic rings. The summed E-state index contributed by atoms with van der Waals surface area (Å²) in [6.45, 7) is 3.80. The molecule has 17 heavy (non-hydrogen) atoms. The highest BCUT2D eigenvalue weighted by Gasteiger charge is 1.97. The highest BCUT2D eigenvalue weighted by atomic mass is 35.5. The Morgan fingerprint density at radius 1 is 1.41 bits per heavy atom. The molecular formula is C13H16ClN3. The van der Waals surface area contributed by atoms with Gasteiger partial charge < -0.3 is 9.88 Å². The molecule has 3 nitrogen and oxygen atoms in total. The second-order valence-corrected chi connectivity index (χ2v) is 4.20. The summed E-state index contributed by atoms with van der Waals surface area (Å²) in [5, 5.41) is 3.38. The lowest BCUT2D eigenvalue weighted by molar-refractivity contribution is 0.701. The molecule has 0 fully saturated rings. The fraction of sp³-hybridized carbons (Fsp3) is 0.308. The molecule has 0 atom stereocenters. The van der Waals surface area contributed by atoms with E-state index in [1.54, 1.807) is 0 Å². The number of aryl methyl sites for hydroxylation is 1. The van der Waals surface area contributed by atoms with Crippen LogP contribution in [0.2, 0.25) is 0 Å². The van der Waals surface area contributed by atoms with Gasteiger partial charge in [-0.15, -0.1) is 11.6 Å². The molecule has 2 rings (SSSR count). The van der Waals surface area contributed by atoms with Crippen molar-refractivity contribution in [2.45, 2.75) is 19.3 Å². The summed E-state index contributed by atoms with van der Waals surface area (Å²) in [6.07, 6.45) is 3.82. The van der Waals surface area contributed by atoms with Crippen LogP contribution < -0.4 is 5.32 Å². The van der Waals surface area contributed by atoms with E-state index in [1.807, 2.05) is 31.5 Å². The summed E-state index contributed by atoms with van der Waals surface area (Å²) >= 11 is 5.79. The highest BCUT2D eigenvalue weighted by molar-refractivity contribution is 6.17. The zero-order valence-corrected chi connectivity index (χ0v) is 10.6. The lowest BCUT2D eigenvalue weighted by atomic mass is 10.2. The molecule has 0 unspecified atom stereocenters. The van der Waals surface area contributed by atoms with Crippen LogP contribution in [0.4, 0.5) is 5.69 Å². The summed E-state index contributed by atoms with van der Waals surface area (Å²) in [5.41, 5.74) is 2.25. The van der Waals surface area contributed by atoms with Crippen molar-refractivity contribution in [3.63, 3.8) is 0 Å². The Labute approximate surface area is 106 Å². The zero-order valence-electron chi connectivity index (χ0n) is 9.86. The van der Waals surface area contributed by atoms with Gasteiger partial charge in [0.15, 0.2) is 0 Å². The third kappa shape index (κ3) is 3.24. The molecule has 0 amide bonds. The number of nitrogens with one attached hydrogen (secondary N) is 1. The van der Waals surface area contributed by atoms with Crippen molar-refractivity contribution in [1.29, 1.82) is 0 Å². The van der Waals surface area contributed by atoms with Crippen molar-refractivity contribution in [3.8, 4) is 0 Å². The molecule has 1 heterocycles. The van der Waals surface area contributed by atoms with Gasteiger partial charge in [0.05, 0.1) is 0 Å². The van der Waals surface area contributed by atoms with Crippen LogP contribution in [0, 0.1) is 6.92 Å². The van der Waals surface area contributed by atoms with Gasteiger partial charge in [-0.2, -0.15) is 0 Å². The van der Waals surface area contributed by atoms with Crippen molar-refractivity contribution < 1.29 is 0 Å². The van der Waals surface area contributed by atoms with E-state index < -0.39 is 0 Å². The number of halogens is 1. The maximum Gasteiger partial charge on any atom is 0.105 e. The third-order valence-corrected chi connectivity index (χ3v) is 3.00. The number of benzene rings is 1. The standard InChI is InChI=1S/C13H16ClN3/c1-11-15-5-7-17(11)8-6-16-13-4-2-3-12(9-13)10-14/h2-5,7,9,16H,6,8,10H2,1H3. The molecule has 0 spiro atoms. The Bertz CT molecular complexity index is 479. The summed E-state index contributed by atoms with van der Waals surface area (Å²) in [4.78, 5) is 4.19. The number of rotatable bonds is 5. The number of hydrogen-bond acceptors (Lipinski definition) is 2. The number of aromatic nitrogens is 2. The summed E-state index contributed by atoms with van der Waals surface area (Å²) in [5.74, 6) is 1.59. The first-order valence-corrected chi connectivity index (χ1v) is 6.19. The highest BCUT2D eigenvalue weighted by Crippen LogP contribution is 2.12. The summed E-state index contributed by atoms with van der Waals surface area (Å²) in [6, 6.07) is 8.17. The van der Waals surface area contributed by atoms with E-state index in [0.717, 1.165) is 30.2 Å².